The van der Waals surface area contributed by atoms with Crippen LogP contribution in [-0.4, -0.2) is 72.0 Å². The first-order valence-corrected chi connectivity index (χ1v) is 14.2. The second-order valence-electron chi connectivity index (χ2n) is 10.4. The molecule has 1 atom stereocenters. The number of aromatic nitrogens is 3. The Morgan fingerprint density at radius 3 is 2.55 bits per heavy atom. The van der Waals surface area contributed by atoms with Gasteiger partial charge in [-0.25, -0.2) is 9.97 Å². The zero-order valence-corrected chi connectivity index (χ0v) is 25.0. The van der Waals surface area contributed by atoms with Gasteiger partial charge in [0.2, 0.25) is 0 Å². The van der Waals surface area contributed by atoms with Crippen LogP contribution in [0.2, 0.25) is 0 Å². The van der Waals surface area contributed by atoms with E-state index in [1.54, 1.807) is 13.3 Å². The molecule has 0 saturated heterocycles. The standard InChI is InChI=1S/C32H40N6O4/c1-6-23(14-17-37(3)21-29(39)42-5)13-15-34-32(40)27-12-9-25(19-22(27)2)36-30-31-35-20-28(38(31)18-16-33-30)24-7-10-26(41-4)11-8-24/h7-12,16,18-20,23H,6,13-15,17,21H2,1-5H3,(H,33,36)(H,34,40). The van der Waals surface area contributed by atoms with Crippen LogP contribution in [0.15, 0.2) is 61.1 Å². The van der Waals surface area contributed by atoms with E-state index < -0.39 is 0 Å². The third-order valence-electron chi connectivity index (χ3n) is 7.51. The smallest absolute Gasteiger partial charge is 0.319 e. The van der Waals surface area contributed by atoms with E-state index in [0.29, 0.717) is 29.5 Å². The molecule has 0 bridgehead atoms. The molecule has 0 radical (unpaired) electrons. The molecule has 10 heteroatoms. The molecule has 0 aliphatic heterocycles. The fourth-order valence-electron chi connectivity index (χ4n) is 4.92. The number of ether oxygens (including phenoxy) is 2. The average Bonchev–Trinajstić information content (AvgIpc) is 3.44. The third kappa shape index (κ3) is 7.64. The van der Waals surface area contributed by atoms with E-state index in [2.05, 4.69) is 27.5 Å². The number of fused-ring (bicyclic) bond motifs is 1. The maximum absolute atomic E-state index is 13.0. The topological polar surface area (TPSA) is 110 Å². The van der Waals surface area contributed by atoms with E-state index in [1.165, 1.54) is 7.11 Å². The number of benzene rings is 2. The molecule has 0 fully saturated rings. The van der Waals surface area contributed by atoms with Gasteiger partial charge in [0.05, 0.1) is 32.7 Å². The summed E-state index contributed by atoms with van der Waals surface area (Å²) in [5.74, 6) is 1.56. The molecule has 0 saturated carbocycles. The van der Waals surface area contributed by atoms with Gasteiger partial charge in [0.1, 0.15) is 5.75 Å². The first kappa shape index (κ1) is 30.5. The van der Waals surface area contributed by atoms with Gasteiger partial charge in [0, 0.05) is 35.8 Å². The van der Waals surface area contributed by atoms with E-state index >= 15 is 0 Å². The minimum Gasteiger partial charge on any atom is -0.497 e. The molecule has 1 unspecified atom stereocenters. The molecular formula is C32H40N6O4. The second-order valence-corrected chi connectivity index (χ2v) is 10.4. The van der Waals surface area contributed by atoms with E-state index in [-0.39, 0.29) is 18.4 Å². The number of hydrogen-bond donors (Lipinski definition) is 2. The van der Waals surface area contributed by atoms with Gasteiger partial charge in [-0.05, 0) is 87.3 Å². The largest absolute Gasteiger partial charge is 0.497 e. The lowest BCUT2D eigenvalue weighted by atomic mass is 9.98. The van der Waals surface area contributed by atoms with Gasteiger partial charge in [-0.15, -0.1) is 0 Å². The number of carbonyl (C=O) groups is 2. The lowest BCUT2D eigenvalue weighted by Gasteiger charge is -2.20. The maximum Gasteiger partial charge on any atom is 0.319 e. The van der Waals surface area contributed by atoms with Crippen LogP contribution >= 0.6 is 0 Å². The number of hydrogen-bond acceptors (Lipinski definition) is 8. The molecule has 0 aliphatic rings. The number of carbonyl (C=O) groups excluding carboxylic acids is 2. The molecule has 2 aromatic carbocycles. The fourth-order valence-corrected chi connectivity index (χ4v) is 4.92. The number of likely N-dealkylation sites (N-methyl/N-ethyl adjacent to an activating group) is 1. The number of esters is 1. The van der Waals surface area contributed by atoms with Crippen LogP contribution in [0.5, 0.6) is 5.75 Å². The summed E-state index contributed by atoms with van der Waals surface area (Å²) in [6, 6.07) is 13.5. The number of rotatable bonds is 14. The highest BCUT2D eigenvalue weighted by Crippen LogP contribution is 2.27. The Bertz CT molecular complexity index is 1500. The molecule has 2 N–H and O–H groups in total. The zero-order valence-electron chi connectivity index (χ0n) is 25.0. The van der Waals surface area contributed by atoms with Gasteiger partial charge in [0.15, 0.2) is 11.5 Å². The van der Waals surface area contributed by atoms with Crippen molar-refractivity contribution in [3.8, 4) is 17.0 Å². The molecule has 10 nitrogen and oxygen atoms in total. The van der Waals surface area contributed by atoms with Crippen molar-refractivity contribution in [3.05, 3.63) is 72.2 Å². The molecule has 4 rings (SSSR count). The number of anilines is 2. The van der Waals surface area contributed by atoms with Crippen LogP contribution in [0.1, 0.15) is 42.1 Å². The molecule has 2 aromatic heterocycles. The van der Waals surface area contributed by atoms with Crippen molar-refractivity contribution < 1.29 is 19.1 Å². The zero-order chi connectivity index (χ0) is 30.1. The van der Waals surface area contributed by atoms with Crippen LogP contribution in [0.3, 0.4) is 0 Å². The highest BCUT2D eigenvalue weighted by molar-refractivity contribution is 5.96. The molecule has 0 spiro atoms. The number of amides is 1. The summed E-state index contributed by atoms with van der Waals surface area (Å²) in [5.41, 5.74) is 4.98. The van der Waals surface area contributed by atoms with Gasteiger partial charge in [-0.2, -0.15) is 0 Å². The second kappa shape index (κ2) is 14.5. The van der Waals surface area contributed by atoms with Gasteiger partial charge >= 0.3 is 5.97 Å². The Labute approximate surface area is 247 Å². The first-order chi connectivity index (χ1) is 20.3. The van der Waals surface area contributed by atoms with Gasteiger partial charge < -0.3 is 20.1 Å². The highest BCUT2D eigenvalue weighted by Gasteiger charge is 2.15. The van der Waals surface area contributed by atoms with E-state index in [0.717, 1.165) is 54.1 Å². The Kier molecular flexibility index (Phi) is 10.5. The van der Waals surface area contributed by atoms with Crippen molar-refractivity contribution in [1.82, 2.24) is 24.6 Å². The Balaban J connectivity index is 1.35. The summed E-state index contributed by atoms with van der Waals surface area (Å²) < 4.78 is 12.0. The molecule has 2 heterocycles. The van der Waals surface area contributed by atoms with E-state index in [4.69, 9.17) is 9.47 Å². The lowest BCUT2D eigenvalue weighted by molar-refractivity contribution is -0.141. The summed E-state index contributed by atoms with van der Waals surface area (Å²) >= 11 is 0. The normalized spacial score (nSPS) is 11.9. The molecule has 1 amide bonds. The summed E-state index contributed by atoms with van der Waals surface area (Å²) in [5, 5.41) is 6.43. The fraction of sp³-hybridized carbons (Fsp3) is 0.375. The highest BCUT2D eigenvalue weighted by atomic mass is 16.5. The monoisotopic (exact) mass is 572 g/mol. The van der Waals surface area contributed by atoms with E-state index in [9.17, 15) is 9.59 Å². The number of nitrogens with one attached hydrogen (secondary N) is 2. The van der Waals surface area contributed by atoms with E-state index in [1.807, 2.05) is 78.1 Å². The van der Waals surface area contributed by atoms with Crippen molar-refractivity contribution in [2.24, 2.45) is 5.92 Å². The van der Waals surface area contributed by atoms with Crippen LogP contribution in [-0.2, 0) is 9.53 Å². The van der Waals surface area contributed by atoms with Crippen LogP contribution in [0.25, 0.3) is 16.9 Å². The summed E-state index contributed by atoms with van der Waals surface area (Å²) in [7, 11) is 4.96. The molecule has 0 aliphatic carbocycles. The number of imidazole rings is 1. The molecule has 42 heavy (non-hydrogen) atoms. The van der Waals surface area contributed by atoms with Crippen molar-refractivity contribution in [2.75, 3.05) is 46.2 Å². The van der Waals surface area contributed by atoms with Gasteiger partial charge in [-0.1, -0.05) is 13.3 Å². The Hall–Kier alpha value is -4.44. The molecular weight excluding hydrogens is 532 g/mol. The van der Waals surface area contributed by atoms with Crippen LogP contribution < -0.4 is 15.4 Å². The summed E-state index contributed by atoms with van der Waals surface area (Å²) in [6.45, 7) is 5.77. The molecule has 222 valence electrons. The Morgan fingerprint density at radius 2 is 1.86 bits per heavy atom. The Morgan fingerprint density at radius 1 is 1.07 bits per heavy atom. The minimum absolute atomic E-state index is 0.0886. The number of methoxy groups -OCH3 is 2. The van der Waals surface area contributed by atoms with Crippen molar-refractivity contribution in [1.29, 1.82) is 0 Å². The number of nitrogens with zero attached hydrogens (tertiary/aromatic N) is 4. The predicted molar refractivity (Wildman–Crippen MR) is 164 cm³/mol. The van der Waals surface area contributed by atoms with Crippen LogP contribution in [0.4, 0.5) is 11.5 Å². The number of aryl methyl sites for hydroxylation is 1. The van der Waals surface area contributed by atoms with Gasteiger partial charge in [-0.3, -0.25) is 18.9 Å². The van der Waals surface area contributed by atoms with Crippen LogP contribution in [0, 0.1) is 12.8 Å². The first-order valence-electron chi connectivity index (χ1n) is 14.2. The summed E-state index contributed by atoms with van der Waals surface area (Å²) in [4.78, 5) is 35.5. The molecule has 4 aromatic rings. The SMILES string of the molecule is CCC(CCNC(=O)c1ccc(Nc2nccn3c(-c4ccc(OC)cc4)cnc23)cc1C)CCN(C)CC(=O)OC. The lowest BCUT2D eigenvalue weighted by Crippen LogP contribution is -2.30. The predicted octanol–water partition coefficient (Wildman–Crippen LogP) is 5.10. The average molecular weight is 573 g/mol. The van der Waals surface area contributed by atoms with Crippen molar-refractivity contribution >= 4 is 29.0 Å². The quantitative estimate of drug-likeness (QED) is 0.201. The van der Waals surface area contributed by atoms with Crippen molar-refractivity contribution in [2.45, 2.75) is 33.1 Å². The minimum atomic E-state index is -0.233. The maximum atomic E-state index is 13.0. The third-order valence-corrected chi connectivity index (χ3v) is 7.51. The summed E-state index contributed by atoms with van der Waals surface area (Å²) in [6.07, 6.45) is 8.30. The van der Waals surface area contributed by atoms with Gasteiger partial charge in [0.25, 0.3) is 5.91 Å². The van der Waals surface area contributed by atoms with Crippen molar-refractivity contribution in [3.63, 3.8) is 0 Å².